The van der Waals surface area contributed by atoms with Crippen LogP contribution in [0.5, 0.6) is 0 Å². The highest BCUT2D eigenvalue weighted by molar-refractivity contribution is 8.00. The minimum absolute atomic E-state index is 0.123. The van der Waals surface area contributed by atoms with E-state index in [1.807, 2.05) is 13.0 Å². The predicted molar refractivity (Wildman–Crippen MR) is 77.1 cm³/mol. The number of aliphatic hydroxyl groups is 1. The van der Waals surface area contributed by atoms with Gasteiger partial charge in [-0.1, -0.05) is 23.6 Å². The number of hydrogen-bond acceptors (Lipinski definition) is 6. The van der Waals surface area contributed by atoms with Crippen molar-refractivity contribution in [2.75, 3.05) is 6.61 Å². The molecular formula is C12H12N2OS3. The number of aryl methyl sites for hydroxylation is 1. The lowest BCUT2D eigenvalue weighted by atomic mass is 10.4. The summed E-state index contributed by atoms with van der Waals surface area (Å²) >= 11 is 4.84. The number of hydrogen-bond donors (Lipinski definition) is 1. The SMILES string of the molecule is Cc1nsc(SCc2ccc(C#CCCO)s2)n1. The van der Waals surface area contributed by atoms with Gasteiger partial charge in [0.2, 0.25) is 0 Å². The Morgan fingerprint density at radius 1 is 1.44 bits per heavy atom. The fraction of sp³-hybridized carbons (Fsp3) is 0.333. The van der Waals surface area contributed by atoms with Gasteiger partial charge in [0, 0.05) is 17.1 Å². The lowest BCUT2D eigenvalue weighted by Gasteiger charge is -1.91. The molecule has 3 nitrogen and oxygen atoms in total. The molecule has 0 spiro atoms. The third-order valence-electron chi connectivity index (χ3n) is 1.96. The fourth-order valence-electron chi connectivity index (χ4n) is 1.20. The lowest BCUT2D eigenvalue weighted by Crippen LogP contribution is -1.75. The molecule has 2 rings (SSSR count). The number of rotatable bonds is 4. The summed E-state index contributed by atoms with van der Waals surface area (Å²) in [6.45, 7) is 2.03. The van der Waals surface area contributed by atoms with E-state index in [0.29, 0.717) is 6.42 Å². The van der Waals surface area contributed by atoms with Gasteiger partial charge in [0.25, 0.3) is 0 Å². The van der Waals surface area contributed by atoms with E-state index in [-0.39, 0.29) is 6.61 Å². The van der Waals surface area contributed by atoms with Crippen LogP contribution >= 0.6 is 34.6 Å². The molecule has 0 aliphatic carbocycles. The molecule has 0 saturated carbocycles. The number of thioether (sulfide) groups is 1. The first-order valence-corrected chi connectivity index (χ1v) is 7.97. The van der Waals surface area contributed by atoms with Crippen LogP contribution in [-0.2, 0) is 5.75 Å². The smallest absolute Gasteiger partial charge is 0.170 e. The summed E-state index contributed by atoms with van der Waals surface area (Å²) in [5.74, 6) is 7.71. The first-order valence-electron chi connectivity index (χ1n) is 5.39. The van der Waals surface area contributed by atoms with E-state index in [2.05, 4.69) is 27.3 Å². The van der Waals surface area contributed by atoms with Crippen LogP contribution in [0.15, 0.2) is 16.5 Å². The molecule has 94 valence electrons. The zero-order chi connectivity index (χ0) is 12.8. The summed E-state index contributed by atoms with van der Waals surface area (Å²) in [6, 6.07) is 4.12. The second kappa shape index (κ2) is 6.90. The maximum Gasteiger partial charge on any atom is 0.170 e. The molecule has 0 aliphatic heterocycles. The van der Waals surface area contributed by atoms with Crippen molar-refractivity contribution in [3.05, 3.63) is 27.7 Å². The largest absolute Gasteiger partial charge is 0.395 e. The second-order valence-corrected chi connectivity index (χ2v) is 6.58. The van der Waals surface area contributed by atoms with E-state index in [1.54, 1.807) is 23.1 Å². The molecular weight excluding hydrogens is 284 g/mol. The van der Waals surface area contributed by atoms with Crippen molar-refractivity contribution in [1.82, 2.24) is 9.36 Å². The van der Waals surface area contributed by atoms with Gasteiger partial charge in [-0.15, -0.1) is 11.3 Å². The topological polar surface area (TPSA) is 46.0 Å². The Hall–Kier alpha value is -0.870. The molecule has 0 aromatic carbocycles. The molecule has 1 N–H and O–H groups in total. The highest BCUT2D eigenvalue weighted by Crippen LogP contribution is 2.27. The van der Waals surface area contributed by atoms with Crippen molar-refractivity contribution in [1.29, 1.82) is 0 Å². The zero-order valence-electron chi connectivity index (χ0n) is 9.84. The molecule has 2 aromatic rings. The van der Waals surface area contributed by atoms with E-state index in [0.717, 1.165) is 20.8 Å². The van der Waals surface area contributed by atoms with Crippen molar-refractivity contribution >= 4 is 34.6 Å². The van der Waals surface area contributed by atoms with Gasteiger partial charge < -0.3 is 5.11 Å². The summed E-state index contributed by atoms with van der Waals surface area (Å²) < 4.78 is 5.16. The Labute approximate surface area is 118 Å². The molecule has 0 unspecified atom stereocenters. The molecule has 0 atom stereocenters. The third-order valence-corrected chi connectivity index (χ3v) is 5.11. The minimum Gasteiger partial charge on any atom is -0.395 e. The Morgan fingerprint density at radius 2 is 2.33 bits per heavy atom. The van der Waals surface area contributed by atoms with Crippen LogP contribution in [0.4, 0.5) is 0 Å². The van der Waals surface area contributed by atoms with Gasteiger partial charge in [-0.2, -0.15) is 4.37 Å². The highest BCUT2D eigenvalue weighted by atomic mass is 32.2. The fourth-order valence-corrected chi connectivity index (χ4v) is 3.77. The van der Waals surface area contributed by atoms with Gasteiger partial charge in [0.15, 0.2) is 4.34 Å². The summed E-state index contributed by atoms with van der Waals surface area (Å²) in [6.07, 6.45) is 0.534. The maximum absolute atomic E-state index is 8.65. The van der Waals surface area contributed by atoms with Crippen molar-refractivity contribution in [3.63, 3.8) is 0 Å². The number of aromatic nitrogens is 2. The van der Waals surface area contributed by atoms with E-state index >= 15 is 0 Å². The van der Waals surface area contributed by atoms with Crippen LogP contribution in [0.2, 0.25) is 0 Å². The molecule has 18 heavy (non-hydrogen) atoms. The normalized spacial score (nSPS) is 10.1. The average molecular weight is 296 g/mol. The average Bonchev–Trinajstić information content (AvgIpc) is 2.96. The van der Waals surface area contributed by atoms with Gasteiger partial charge in [0.1, 0.15) is 5.82 Å². The zero-order valence-corrected chi connectivity index (χ0v) is 12.3. The predicted octanol–water partition coefficient (Wildman–Crippen LogP) is 2.93. The van der Waals surface area contributed by atoms with Crippen molar-refractivity contribution in [3.8, 4) is 11.8 Å². The van der Waals surface area contributed by atoms with E-state index in [1.165, 1.54) is 16.4 Å². The molecule has 2 aromatic heterocycles. The van der Waals surface area contributed by atoms with E-state index in [4.69, 9.17) is 5.11 Å². The summed E-state index contributed by atoms with van der Waals surface area (Å²) in [7, 11) is 0. The van der Waals surface area contributed by atoms with Gasteiger partial charge in [0.05, 0.1) is 11.5 Å². The van der Waals surface area contributed by atoms with Crippen LogP contribution in [0.1, 0.15) is 22.0 Å². The highest BCUT2D eigenvalue weighted by Gasteiger charge is 2.03. The number of nitrogens with zero attached hydrogens (tertiary/aromatic N) is 2. The molecule has 0 amide bonds. The van der Waals surface area contributed by atoms with Crippen molar-refractivity contribution in [2.45, 2.75) is 23.4 Å². The van der Waals surface area contributed by atoms with Gasteiger partial charge in [-0.05, 0) is 30.6 Å². The van der Waals surface area contributed by atoms with Gasteiger partial charge >= 0.3 is 0 Å². The first kappa shape index (κ1) is 13.6. The summed E-state index contributed by atoms with van der Waals surface area (Å²) in [4.78, 5) is 6.64. The van der Waals surface area contributed by atoms with Crippen LogP contribution in [0, 0.1) is 18.8 Å². The van der Waals surface area contributed by atoms with Crippen LogP contribution in [0.3, 0.4) is 0 Å². The second-order valence-electron chi connectivity index (χ2n) is 3.44. The molecule has 0 saturated heterocycles. The quantitative estimate of drug-likeness (QED) is 0.696. The summed E-state index contributed by atoms with van der Waals surface area (Å²) in [5, 5.41) is 8.65. The Morgan fingerprint density at radius 3 is 3.06 bits per heavy atom. The Balaban J connectivity index is 1.89. The first-order chi connectivity index (χ1) is 8.78. The lowest BCUT2D eigenvalue weighted by molar-refractivity contribution is 0.305. The maximum atomic E-state index is 8.65. The van der Waals surface area contributed by atoms with E-state index in [9.17, 15) is 0 Å². The van der Waals surface area contributed by atoms with Gasteiger partial charge in [-0.3, -0.25) is 0 Å². The minimum atomic E-state index is 0.123. The Bertz CT molecular complexity index is 565. The van der Waals surface area contributed by atoms with Crippen molar-refractivity contribution in [2.24, 2.45) is 0 Å². The third kappa shape index (κ3) is 4.10. The molecule has 0 fully saturated rings. The van der Waals surface area contributed by atoms with E-state index < -0.39 is 0 Å². The van der Waals surface area contributed by atoms with Crippen molar-refractivity contribution < 1.29 is 5.11 Å². The van der Waals surface area contributed by atoms with Gasteiger partial charge in [-0.25, -0.2) is 4.98 Å². The number of thiophene rings is 1. The number of aliphatic hydroxyl groups excluding tert-OH is 1. The molecule has 0 aliphatic rings. The molecule has 2 heterocycles. The standard InChI is InChI=1S/C12H12N2OS3/c1-9-13-12(18-14-9)16-8-11-6-5-10(17-11)4-2-3-7-15/h5-6,15H,3,7-8H2,1H3. The molecule has 0 radical (unpaired) electrons. The van der Waals surface area contributed by atoms with Crippen LogP contribution in [0.25, 0.3) is 0 Å². The Kier molecular flexibility index (Phi) is 5.20. The summed E-state index contributed by atoms with van der Waals surface area (Å²) in [5.41, 5.74) is 0. The molecule has 6 heteroatoms. The monoisotopic (exact) mass is 296 g/mol. The van der Waals surface area contributed by atoms with Crippen LogP contribution in [-0.4, -0.2) is 21.1 Å². The molecule has 0 bridgehead atoms. The van der Waals surface area contributed by atoms with Crippen LogP contribution < -0.4 is 0 Å².